The smallest absolute Gasteiger partial charge is 0.254 e. The highest BCUT2D eigenvalue weighted by Gasteiger charge is 2.20. The van der Waals surface area contributed by atoms with Crippen molar-refractivity contribution in [2.24, 2.45) is 0 Å². The minimum Gasteiger partial charge on any atom is -0.467 e. The van der Waals surface area contributed by atoms with E-state index in [1.807, 2.05) is 50.2 Å². The summed E-state index contributed by atoms with van der Waals surface area (Å²) in [5.74, 6) is 1.61. The number of carbonyl (C=O) groups excluding carboxylic acids is 1. The second-order valence-electron chi connectivity index (χ2n) is 5.85. The molecule has 0 aliphatic rings. The molecule has 0 fully saturated rings. The van der Waals surface area contributed by atoms with Crippen LogP contribution in [0.15, 0.2) is 56.8 Å². The standard InChI is InChI=1S/C19H20N2O2S2/c1-13-11-24-19(20-13)25-12-15-6-8-16(9-7-15)18(22)21(3)14(2)17-5-4-10-23-17/h4-11,14H,12H2,1-3H3. The predicted molar refractivity (Wildman–Crippen MR) is 102 cm³/mol. The van der Waals surface area contributed by atoms with E-state index < -0.39 is 0 Å². The SMILES string of the molecule is Cc1csc(SCc2ccc(C(=O)N(C)C(C)c3ccco3)cc2)n1. The fourth-order valence-corrected chi connectivity index (χ4v) is 4.19. The van der Waals surface area contributed by atoms with Crippen LogP contribution >= 0.6 is 23.1 Å². The summed E-state index contributed by atoms with van der Waals surface area (Å²) in [5, 5.41) is 2.06. The number of carbonyl (C=O) groups is 1. The van der Waals surface area contributed by atoms with Crippen LogP contribution in [0.25, 0.3) is 0 Å². The lowest BCUT2D eigenvalue weighted by Crippen LogP contribution is -2.29. The predicted octanol–water partition coefficient (Wildman–Crippen LogP) is 5.17. The zero-order chi connectivity index (χ0) is 17.8. The Balaban J connectivity index is 1.62. The molecule has 0 aliphatic carbocycles. The minimum absolute atomic E-state index is 0.0151. The Morgan fingerprint density at radius 1 is 1.32 bits per heavy atom. The molecule has 0 saturated heterocycles. The first-order valence-corrected chi connectivity index (χ1v) is 9.85. The van der Waals surface area contributed by atoms with Crippen molar-refractivity contribution in [3.8, 4) is 0 Å². The first-order chi connectivity index (χ1) is 12.0. The van der Waals surface area contributed by atoms with Crippen LogP contribution in [0.3, 0.4) is 0 Å². The number of hydrogen-bond donors (Lipinski definition) is 0. The van der Waals surface area contributed by atoms with E-state index in [4.69, 9.17) is 4.42 Å². The molecular formula is C19H20N2O2S2. The van der Waals surface area contributed by atoms with Crippen molar-refractivity contribution < 1.29 is 9.21 Å². The molecule has 3 rings (SSSR count). The van der Waals surface area contributed by atoms with Crippen LogP contribution in [0.1, 0.15) is 40.3 Å². The molecule has 4 nitrogen and oxygen atoms in total. The maximum Gasteiger partial charge on any atom is 0.254 e. The van der Waals surface area contributed by atoms with Crippen LogP contribution in [-0.2, 0) is 5.75 Å². The number of nitrogens with zero attached hydrogens (tertiary/aromatic N) is 2. The van der Waals surface area contributed by atoms with Crippen molar-refractivity contribution in [2.45, 2.75) is 30.0 Å². The molecule has 130 valence electrons. The summed E-state index contributed by atoms with van der Waals surface area (Å²) in [4.78, 5) is 18.8. The molecule has 3 aromatic rings. The summed E-state index contributed by atoms with van der Waals surface area (Å²) in [7, 11) is 1.80. The van der Waals surface area contributed by atoms with E-state index in [0.717, 1.165) is 21.5 Å². The van der Waals surface area contributed by atoms with Gasteiger partial charge >= 0.3 is 0 Å². The number of thioether (sulfide) groups is 1. The van der Waals surface area contributed by atoms with Gasteiger partial charge in [0, 0.05) is 29.4 Å². The van der Waals surface area contributed by atoms with Crippen molar-refractivity contribution in [1.82, 2.24) is 9.88 Å². The van der Waals surface area contributed by atoms with Crippen LogP contribution in [0.2, 0.25) is 0 Å². The lowest BCUT2D eigenvalue weighted by atomic mass is 10.1. The Hall–Kier alpha value is -2.05. The molecule has 2 aromatic heterocycles. The number of thiazole rings is 1. The number of amides is 1. The van der Waals surface area contributed by atoms with E-state index in [-0.39, 0.29) is 11.9 Å². The average molecular weight is 373 g/mol. The summed E-state index contributed by atoms with van der Waals surface area (Å²) in [5.41, 5.74) is 2.91. The van der Waals surface area contributed by atoms with Gasteiger partial charge in [-0.15, -0.1) is 11.3 Å². The topological polar surface area (TPSA) is 46.3 Å². The Labute approximate surface area is 155 Å². The Morgan fingerprint density at radius 3 is 2.68 bits per heavy atom. The fourth-order valence-electron chi connectivity index (χ4n) is 2.39. The van der Waals surface area contributed by atoms with Crippen molar-refractivity contribution in [3.05, 3.63) is 70.6 Å². The van der Waals surface area contributed by atoms with Gasteiger partial charge in [-0.2, -0.15) is 0 Å². The molecule has 0 saturated carbocycles. The van der Waals surface area contributed by atoms with Crippen molar-refractivity contribution in [3.63, 3.8) is 0 Å². The van der Waals surface area contributed by atoms with Gasteiger partial charge in [0.05, 0.1) is 12.3 Å². The monoisotopic (exact) mass is 372 g/mol. The van der Waals surface area contributed by atoms with Gasteiger partial charge in [-0.3, -0.25) is 4.79 Å². The van der Waals surface area contributed by atoms with Gasteiger partial charge in [0.15, 0.2) is 0 Å². The molecule has 0 bridgehead atoms. The number of benzene rings is 1. The van der Waals surface area contributed by atoms with Crippen molar-refractivity contribution in [2.75, 3.05) is 7.05 Å². The van der Waals surface area contributed by atoms with Gasteiger partial charge in [0.25, 0.3) is 5.91 Å². The lowest BCUT2D eigenvalue weighted by molar-refractivity contribution is 0.0726. The first kappa shape index (κ1) is 17.8. The van der Waals surface area contributed by atoms with Gasteiger partial charge in [-0.05, 0) is 43.7 Å². The molecule has 0 aliphatic heterocycles. The van der Waals surface area contributed by atoms with E-state index in [0.29, 0.717) is 5.56 Å². The molecule has 0 radical (unpaired) electrons. The van der Waals surface area contributed by atoms with E-state index in [9.17, 15) is 4.79 Å². The second kappa shape index (κ2) is 7.89. The molecule has 0 spiro atoms. The average Bonchev–Trinajstić information content (AvgIpc) is 3.30. The number of rotatable bonds is 6. The second-order valence-corrected chi connectivity index (χ2v) is 7.93. The molecule has 25 heavy (non-hydrogen) atoms. The summed E-state index contributed by atoms with van der Waals surface area (Å²) in [6.07, 6.45) is 1.63. The zero-order valence-electron chi connectivity index (χ0n) is 14.4. The van der Waals surface area contributed by atoms with Gasteiger partial charge in [-0.1, -0.05) is 23.9 Å². The number of aryl methyl sites for hydroxylation is 1. The summed E-state index contributed by atoms with van der Waals surface area (Å²) >= 11 is 3.38. The summed E-state index contributed by atoms with van der Waals surface area (Å²) in [6, 6.07) is 11.4. The maximum absolute atomic E-state index is 12.6. The van der Waals surface area contributed by atoms with Gasteiger partial charge in [0.2, 0.25) is 0 Å². The van der Waals surface area contributed by atoms with Gasteiger partial charge in [0.1, 0.15) is 10.1 Å². The number of furan rings is 1. The third-order valence-electron chi connectivity index (χ3n) is 4.02. The fraction of sp³-hybridized carbons (Fsp3) is 0.263. The van der Waals surface area contributed by atoms with E-state index in [2.05, 4.69) is 10.4 Å². The molecule has 1 amide bonds. The number of hydrogen-bond acceptors (Lipinski definition) is 5. The highest BCUT2D eigenvalue weighted by Crippen LogP contribution is 2.26. The van der Waals surface area contributed by atoms with Crippen molar-refractivity contribution >= 4 is 29.0 Å². The maximum atomic E-state index is 12.6. The van der Waals surface area contributed by atoms with Crippen LogP contribution in [-0.4, -0.2) is 22.8 Å². The quantitative estimate of drug-likeness (QED) is 0.560. The van der Waals surface area contributed by atoms with Crippen LogP contribution < -0.4 is 0 Å². The number of aromatic nitrogens is 1. The molecule has 1 atom stereocenters. The van der Waals surface area contributed by atoms with E-state index in [1.54, 1.807) is 41.3 Å². The third-order valence-corrected chi connectivity index (χ3v) is 6.23. The normalized spacial score (nSPS) is 12.1. The van der Waals surface area contributed by atoms with Crippen molar-refractivity contribution in [1.29, 1.82) is 0 Å². The van der Waals surface area contributed by atoms with E-state index in [1.165, 1.54) is 5.56 Å². The zero-order valence-corrected chi connectivity index (χ0v) is 16.1. The van der Waals surface area contributed by atoms with Crippen LogP contribution in [0.5, 0.6) is 0 Å². The Morgan fingerprint density at radius 2 is 2.08 bits per heavy atom. The molecule has 2 heterocycles. The van der Waals surface area contributed by atoms with Gasteiger partial charge in [-0.25, -0.2) is 4.98 Å². The Kier molecular flexibility index (Phi) is 5.60. The molecule has 0 N–H and O–H groups in total. The van der Waals surface area contributed by atoms with Gasteiger partial charge < -0.3 is 9.32 Å². The largest absolute Gasteiger partial charge is 0.467 e. The summed E-state index contributed by atoms with van der Waals surface area (Å²) < 4.78 is 6.47. The first-order valence-electron chi connectivity index (χ1n) is 7.99. The third kappa shape index (κ3) is 4.32. The minimum atomic E-state index is -0.106. The molecular weight excluding hydrogens is 352 g/mol. The Bertz CT molecular complexity index is 825. The summed E-state index contributed by atoms with van der Waals surface area (Å²) in [6.45, 7) is 3.96. The highest BCUT2D eigenvalue weighted by molar-refractivity contribution is 8.00. The lowest BCUT2D eigenvalue weighted by Gasteiger charge is -2.23. The van der Waals surface area contributed by atoms with E-state index >= 15 is 0 Å². The molecule has 1 aromatic carbocycles. The van der Waals surface area contributed by atoms with Crippen LogP contribution in [0, 0.1) is 6.92 Å². The molecule has 6 heteroatoms. The highest BCUT2D eigenvalue weighted by atomic mass is 32.2. The van der Waals surface area contributed by atoms with Crippen LogP contribution in [0.4, 0.5) is 0 Å². The molecule has 1 unspecified atom stereocenters.